The number of nitrogens with two attached hydrogens (primary N) is 1. The number of aliphatic hydroxyl groups excluding tert-OH is 1. The number of nitrogens with one attached hydrogen (secondary N) is 2. The summed E-state index contributed by atoms with van der Waals surface area (Å²) in [6, 6.07) is 14.4. The van der Waals surface area contributed by atoms with Gasteiger partial charge in [0.15, 0.2) is 0 Å². The number of carbonyl (C=O) groups is 1. The molecule has 0 bridgehead atoms. The predicted molar refractivity (Wildman–Crippen MR) is 182 cm³/mol. The maximum absolute atomic E-state index is 14.2. The zero-order chi connectivity index (χ0) is 31.1. The van der Waals surface area contributed by atoms with Gasteiger partial charge in [-0.25, -0.2) is 9.78 Å². The first kappa shape index (κ1) is 34.1. The molecule has 0 saturated carbocycles. The standard InChI is InChI=1S/C34H43N5O4.CH4/c1-6-7-15-39-32-26(13-9-14-36-32)29(23-11-8-12-25(18-23)43-17-10-16-40)31(33(39)41)38-34(42)37-30-27(21(2)3)19-24(35)20-28(30)22(4)5;/h8-9,11-14,18-22,40H,6-7,10,15-17,35H2,1-5H3,(H2,37,38,42);1H4. The second-order valence-electron chi connectivity index (χ2n) is 11.4. The number of aryl methyl sites for hydroxylation is 1. The zero-order valence-electron chi connectivity index (χ0n) is 25.7. The van der Waals surface area contributed by atoms with Crippen LogP contribution < -0.4 is 26.7 Å². The molecule has 2 heterocycles. The summed E-state index contributed by atoms with van der Waals surface area (Å²) in [4.78, 5) is 32.5. The van der Waals surface area contributed by atoms with E-state index in [0.29, 0.717) is 53.5 Å². The first-order chi connectivity index (χ1) is 20.7. The Morgan fingerprint density at radius 2 is 1.68 bits per heavy atom. The molecule has 0 aliphatic rings. The molecule has 9 heteroatoms. The molecule has 2 aromatic heterocycles. The van der Waals surface area contributed by atoms with Gasteiger partial charge in [-0.15, -0.1) is 0 Å². The van der Waals surface area contributed by atoms with Crippen LogP contribution in [0.5, 0.6) is 5.75 Å². The van der Waals surface area contributed by atoms with E-state index in [1.165, 1.54) is 0 Å². The number of nitrogen functional groups attached to an aromatic ring is 1. The van der Waals surface area contributed by atoms with Gasteiger partial charge < -0.3 is 26.2 Å². The molecule has 0 aliphatic heterocycles. The molecule has 0 aliphatic carbocycles. The highest BCUT2D eigenvalue weighted by molar-refractivity contribution is 6.08. The van der Waals surface area contributed by atoms with E-state index in [4.69, 9.17) is 10.5 Å². The van der Waals surface area contributed by atoms with Gasteiger partial charge in [0.25, 0.3) is 5.56 Å². The number of aromatic nitrogens is 2. The SMILES string of the molecule is C.CCCCn1c(=O)c(NC(=O)Nc2c(C(C)C)cc(N)cc2C(C)C)c(-c2cccc(OCCCO)c2)c2cccnc21. The van der Waals surface area contributed by atoms with Gasteiger partial charge in [-0.1, -0.05) is 60.6 Å². The van der Waals surface area contributed by atoms with E-state index in [-0.39, 0.29) is 37.1 Å². The molecule has 9 nitrogen and oxygen atoms in total. The topological polar surface area (TPSA) is 132 Å². The Morgan fingerprint density at radius 3 is 2.32 bits per heavy atom. The van der Waals surface area contributed by atoms with Crippen molar-refractivity contribution >= 4 is 34.1 Å². The number of rotatable bonds is 12. The lowest BCUT2D eigenvalue weighted by atomic mass is 9.92. The number of hydrogen-bond acceptors (Lipinski definition) is 6. The van der Waals surface area contributed by atoms with Gasteiger partial charge in [0, 0.05) is 48.1 Å². The van der Waals surface area contributed by atoms with E-state index in [0.717, 1.165) is 29.4 Å². The number of benzene rings is 2. The van der Waals surface area contributed by atoms with Crippen LogP contribution in [-0.2, 0) is 6.54 Å². The van der Waals surface area contributed by atoms with Crippen molar-refractivity contribution in [3.05, 3.63) is 76.2 Å². The monoisotopic (exact) mass is 601 g/mol. The molecule has 4 rings (SSSR count). The van der Waals surface area contributed by atoms with Crippen molar-refractivity contribution in [2.45, 2.75) is 79.7 Å². The molecule has 5 N–H and O–H groups in total. The van der Waals surface area contributed by atoms with Crippen LogP contribution in [-0.4, -0.2) is 33.9 Å². The van der Waals surface area contributed by atoms with Crippen LogP contribution in [0.1, 0.15) is 84.3 Å². The average Bonchev–Trinajstić information content (AvgIpc) is 2.98. The number of anilines is 3. The number of unbranched alkanes of at least 4 members (excludes halogenated alkanes) is 1. The molecular weight excluding hydrogens is 554 g/mol. The van der Waals surface area contributed by atoms with Gasteiger partial charge in [0.2, 0.25) is 0 Å². The molecule has 236 valence electrons. The average molecular weight is 602 g/mol. The van der Waals surface area contributed by atoms with Crippen LogP contribution in [0.3, 0.4) is 0 Å². The quantitative estimate of drug-likeness (QED) is 0.0970. The van der Waals surface area contributed by atoms with Crippen molar-refractivity contribution in [1.29, 1.82) is 0 Å². The minimum atomic E-state index is -0.521. The van der Waals surface area contributed by atoms with Gasteiger partial charge in [-0.2, -0.15) is 0 Å². The summed E-state index contributed by atoms with van der Waals surface area (Å²) < 4.78 is 7.48. The molecule has 2 amide bonds. The normalized spacial score (nSPS) is 11.1. The summed E-state index contributed by atoms with van der Waals surface area (Å²) in [5, 5.41) is 15.9. The van der Waals surface area contributed by atoms with E-state index < -0.39 is 6.03 Å². The zero-order valence-corrected chi connectivity index (χ0v) is 25.7. The van der Waals surface area contributed by atoms with E-state index in [2.05, 4.69) is 50.2 Å². The number of ether oxygens (including phenoxy) is 1. The third-order valence-electron chi connectivity index (χ3n) is 7.39. The maximum Gasteiger partial charge on any atom is 0.323 e. The Labute approximate surface area is 260 Å². The van der Waals surface area contributed by atoms with E-state index in [9.17, 15) is 14.7 Å². The summed E-state index contributed by atoms with van der Waals surface area (Å²) in [6.07, 6.45) is 3.85. The van der Waals surface area contributed by atoms with Crippen molar-refractivity contribution in [1.82, 2.24) is 9.55 Å². The summed E-state index contributed by atoms with van der Waals surface area (Å²) in [5.41, 5.74) is 11.1. The highest BCUT2D eigenvalue weighted by atomic mass is 16.5. The predicted octanol–water partition coefficient (Wildman–Crippen LogP) is 7.73. The highest BCUT2D eigenvalue weighted by Crippen LogP contribution is 2.37. The summed E-state index contributed by atoms with van der Waals surface area (Å²) in [7, 11) is 0. The number of nitrogens with zero attached hydrogens (tertiary/aromatic N) is 2. The third-order valence-corrected chi connectivity index (χ3v) is 7.39. The Hall–Kier alpha value is -4.37. The second-order valence-corrected chi connectivity index (χ2v) is 11.4. The number of hydrogen-bond donors (Lipinski definition) is 4. The first-order valence-electron chi connectivity index (χ1n) is 15.0. The summed E-state index contributed by atoms with van der Waals surface area (Å²) in [5.74, 6) is 0.815. The van der Waals surface area contributed by atoms with Crippen LogP contribution in [0, 0.1) is 0 Å². The summed E-state index contributed by atoms with van der Waals surface area (Å²) >= 11 is 0. The minimum Gasteiger partial charge on any atom is -0.493 e. The Bertz CT molecular complexity index is 1620. The van der Waals surface area contributed by atoms with Crippen LogP contribution in [0.2, 0.25) is 0 Å². The molecular formula is C35H47N5O4. The van der Waals surface area contributed by atoms with Crippen molar-refractivity contribution < 1.29 is 14.6 Å². The van der Waals surface area contributed by atoms with Crippen molar-refractivity contribution in [3.8, 4) is 16.9 Å². The first-order valence-corrected chi connectivity index (χ1v) is 15.0. The van der Waals surface area contributed by atoms with Crippen molar-refractivity contribution in [2.24, 2.45) is 0 Å². The Kier molecular flexibility index (Phi) is 11.9. The molecule has 0 unspecified atom stereocenters. The number of amides is 2. The number of urea groups is 1. The van der Waals surface area contributed by atoms with Crippen LogP contribution in [0.25, 0.3) is 22.2 Å². The van der Waals surface area contributed by atoms with Gasteiger partial charge in [0.1, 0.15) is 17.1 Å². The number of pyridine rings is 2. The molecule has 4 aromatic rings. The minimum absolute atomic E-state index is 0. The van der Waals surface area contributed by atoms with Crippen molar-refractivity contribution in [2.75, 3.05) is 29.6 Å². The lowest BCUT2D eigenvalue weighted by Gasteiger charge is -2.22. The molecule has 44 heavy (non-hydrogen) atoms. The van der Waals surface area contributed by atoms with E-state index in [1.807, 2.05) is 48.5 Å². The number of carbonyl (C=O) groups excluding carboxylic acids is 1. The van der Waals surface area contributed by atoms with Gasteiger partial charge >= 0.3 is 6.03 Å². The van der Waals surface area contributed by atoms with Crippen molar-refractivity contribution in [3.63, 3.8) is 0 Å². The maximum atomic E-state index is 14.2. The van der Waals surface area contributed by atoms with Gasteiger partial charge in [-0.3, -0.25) is 9.36 Å². The third kappa shape index (κ3) is 7.58. The van der Waals surface area contributed by atoms with E-state index >= 15 is 0 Å². The fraction of sp³-hybridized carbons (Fsp3) is 0.400. The van der Waals surface area contributed by atoms with Gasteiger partial charge in [-0.05, 0) is 71.3 Å². The molecule has 2 aromatic carbocycles. The molecule has 0 atom stereocenters. The summed E-state index contributed by atoms with van der Waals surface area (Å²) in [6.45, 7) is 11.1. The lowest BCUT2D eigenvalue weighted by molar-refractivity contribution is 0.233. The molecule has 0 saturated heterocycles. The number of fused-ring (bicyclic) bond motifs is 1. The molecule has 0 fully saturated rings. The largest absolute Gasteiger partial charge is 0.493 e. The van der Waals surface area contributed by atoms with Crippen LogP contribution >= 0.6 is 0 Å². The van der Waals surface area contributed by atoms with Crippen LogP contribution in [0.15, 0.2) is 59.5 Å². The number of aliphatic hydroxyl groups is 1. The van der Waals surface area contributed by atoms with Gasteiger partial charge in [0.05, 0.1) is 6.61 Å². The fourth-order valence-corrected chi connectivity index (χ4v) is 5.24. The molecule has 0 radical (unpaired) electrons. The fourth-order valence-electron chi connectivity index (χ4n) is 5.24. The lowest BCUT2D eigenvalue weighted by Crippen LogP contribution is -2.30. The Morgan fingerprint density at radius 1 is 1.00 bits per heavy atom. The second kappa shape index (κ2) is 15.4. The van der Waals surface area contributed by atoms with E-state index in [1.54, 1.807) is 10.8 Å². The van der Waals surface area contributed by atoms with Crippen LogP contribution in [0.4, 0.5) is 21.9 Å². The highest BCUT2D eigenvalue weighted by Gasteiger charge is 2.23. The molecule has 0 spiro atoms. The Balaban J connectivity index is 0.00000529. The smallest absolute Gasteiger partial charge is 0.323 e.